The molecule has 0 N–H and O–H groups in total. The highest BCUT2D eigenvalue weighted by Crippen LogP contribution is 2.17. The molecule has 3 nitrogen and oxygen atoms in total. The fraction of sp³-hybridized carbons (Fsp3) is 0.300. The van der Waals surface area contributed by atoms with E-state index < -0.39 is 0 Å². The standard InChI is InChI=1S/C10H12O3.ClH/c1-3-10(11)13-9-6-4-8(12-2)5-7-9;/h4-7H,3H2,1-2H3;1H. The highest BCUT2D eigenvalue weighted by molar-refractivity contribution is 5.85. The van der Waals surface area contributed by atoms with Crippen LogP contribution in [0.3, 0.4) is 0 Å². The van der Waals surface area contributed by atoms with Crippen LogP contribution in [-0.4, -0.2) is 13.1 Å². The topological polar surface area (TPSA) is 35.5 Å². The molecule has 0 atom stereocenters. The van der Waals surface area contributed by atoms with Crippen molar-refractivity contribution in [2.75, 3.05) is 7.11 Å². The Kier molecular flexibility index (Phi) is 5.72. The summed E-state index contributed by atoms with van der Waals surface area (Å²) < 4.78 is 9.93. The number of hydrogen-bond acceptors (Lipinski definition) is 3. The lowest BCUT2D eigenvalue weighted by atomic mass is 10.3. The number of ether oxygens (including phenoxy) is 2. The van der Waals surface area contributed by atoms with Crippen LogP contribution in [0.1, 0.15) is 13.3 Å². The average Bonchev–Trinajstić information content (AvgIpc) is 2.19. The van der Waals surface area contributed by atoms with Gasteiger partial charge in [0.05, 0.1) is 7.11 Å². The van der Waals surface area contributed by atoms with E-state index in [1.807, 2.05) is 0 Å². The molecule has 0 fully saturated rings. The van der Waals surface area contributed by atoms with E-state index in [1.54, 1.807) is 38.3 Å². The lowest BCUT2D eigenvalue weighted by Gasteiger charge is -2.03. The summed E-state index contributed by atoms with van der Waals surface area (Å²) >= 11 is 0. The summed E-state index contributed by atoms with van der Waals surface area (Å²) in [5.74, 6) is 1.06. The van der Waals surface area contributed by atoms with Crippen molar-refractivity contribution in [3.05, 3.63) is 24.3 Å². The van der Waals surface area contributed by atoms with Gasteiger partial charge in [0.15, 0.2) is 0 Å². The molecule has 0 unspecified atom stereocenters. The number of benzene rings is 1. The minimum Gasteiger partial charge on any atom is -0.497 e. The normalized spacial score (nSPS) is 8.71. The Hall–Kier alpha value is -1.22. The molecule has 0 radical (unpaired) electrons. The maximum Gasteiger partial charge on any atom is 0.310 e. The largest absolute Gasteiger partial charge is 0.497 e. The van der Waals surface area contributed by atoms with Gasteiger partial charge in [-0.25, -0.2) is 0 Å². The van der Waals surface area contributed by atoms with Gasteiger partial charge in [0.1, 0.15) is 11.5 Å². The summed E-state index contributed by atoms with van der Waals surface area (Å²) in [6, 6.07) is 6.90. The third kappa shape index (κ3) is 3.66. The van der Waals surface area contributed by atoms with Gasteiger partial charge >= 0.3 is 5.97 Å². The smallest absolute Gasteiger partial charge is 0.310 e. The lowest BCUT2D eigenvalue weighted by molar-refractivity contribution is -0.134. The van der Waals surface area contributed by atoms with Gasteiger partial charge in [0.2, 0.25) is 0 Å². The van der Waals surface area contributed by atoms with E-state index in [0.717, 1.165) is 5.75 Å². The zero-order valence-corrected chi connectivity index (χ0v) is 8.97. The van der Waals surface area contributed by atoms with Crippen LogP contribution >= 0.6 is 12.4 Å². The van der Waals surface area contributed by atoms with Gasteiger partial charge in [-0.3, -0.25) is 4.79 Å². The van der Waals surface area contributed by atoms with E-state index in [4.69, 9.17) is 9.47 Å². The molecule has 14 heavy (non-hydrogen) atoms. The molecule has 0 bridgehead atoms. The minimum atomic E-state index is -0.231. The Morgan fingerprint density at radius 2 is 1.71 bits per heavy atom. The van der Waals surface area contributed by atoms with Gasteiger partial charge in [-0.2, -0.15) is 0 Å². The second kappa shape index (κ2) is 6.27. The predicted molar refractivity (Wildman–Crippen MR) is 56.2 cm³/mol. The number of halogens is 1. The van der Waals surface area contributed by atoms with E-state index in [1.165, 1.54) is 0 Å². The minimum absolute atomic E-state index is 0. The van der Waals surface area contributed by atoms with Crippen LogP contribution in [-0.2, 0) is 4.79 Å². The zero-order valence-electron chi connectivity index (χ0n) is 8.15. The van der Waals surface area contributed by atoms with E-state index in [9.17, 15) is 4.79 Å². The van der Waals surface area contributed by atoms with E-state index in [0.29, 0.717) is 12.2 Å². The van der Waals surface area contributed by atoms with Gasteiger partial charge in [0.25, 0.3) is 0 Å². The Balaban J connectivity index is 0.00000169. The van der Waals surface area contributed by atoms with Crippen LogP contribution in [0.4, 0.5) is 0 Å². The van der Waals surface area contributed by atoms with Gasteiger partial charge in [-0.1, -0.05) is 6.92 Å². The number of esters is 1. The molecule has 0 spiro atoms. The van der Waals surface area contributed by atoms with Crippen LogP contribution in [0.25, 0.3) is 0 Å². The number of carbonyl (C=O) groups excluding carboxylic acids is 1. The predicted octanol–water partition coefficient (Wildman–Crippen LogP) is 2.43. The Bertz CT molecular complexity index is 282. The SMILES string of the molecule is CCC(=O)Oc1ccc(OC)cc1.Cl. The molecule has 0 aliphatic heterocycles. The van der Waals surface area contributed by atoms with Gasteiger partial charge in [0, 0.05) is 6.42 Å². The second-order valence-electron chi connectivity index (χ2n) is 2.50. The molecule has 0 heterocycles. The van der Waals surface area contributed by atoms with E-state index in [2.05, 4.69) is 0 Å². The number of carbonyl (C=O) groups is 1. The Labute approximate surface area is 89.4 Å². The molecule has 0 saturated carbocycles. The van der Waals surface area contributed by atoms with Crippen molar-refractivity contribution < 1.29 is 14.3 Å². The van der Waals surface area contributed by atoms with Gasteiger partial charge in [-0.05, 0) is 24.3 Å². The van der Waals surface area contributed by atoms with Crippen molar-refractivity contribution in [1.29, 1.82) is 0 Å². The van der Waals surface area contributed by atoms with Crippen molar-refractivity contribution in [1.82, 2.24) is 0 Å². The van der Waals surface area contributed by atoms with Crippen molar-refractivity contribution in [2.24, 2.45) is 0 Å². The first-order valence-electron chi connectivity index (χ1n) is 4.11. The highest BCUT2D eigenvalue weighted by atomic mass is 35.5. The summed E-state index contributed by atoms with van der Waals surface area (Å²) in [6.45, 7) is 1.76. The van der Waals surface area contributed by atoms with Crippen molar-refractivity contribution in [3.63, 3.8) is 0 Å². The average molecular weight is 217 g/mol. The summed E-state index contributed by atoms with van der Waals surface area (Å²) in [7, 11) is 1.59. The Morgan fingerprint density at radius 1 is 1.21 bits per heavy atom. The molecule has 78 valence electrons. The molecule has 0 amide bonds. The molecule has 1 aromatic carbocycles. The quantitative estimate of drug-likeness (QED) is 0.575. The molecule has 0 aliphatic rings. The molecular weight excluding hydrogens is 204 g/mol. The van der Waals surface area contributed by atoms with Crippen molar-refractivity contribution in [3.8, 4) is 11.5 Å². The second-order valence-corrected chi connectivity index (χ2v) is 2.50. The molecule has 0 aliphatic carbocycles. The molecule has 1 rings (SSSR count). The van der Waals surface area contributed by atoms with Gasteiger partial charge < -0.3 is 9.47 Å². The monoisotopic (exact) mass is 216 g/mol. The maximum atomic E-state index is 10.9. The number of rotatable bonds is 3. The van der Waals surface area contributed by atoms with Crippen molar-refractivity contribution >= 4 is 18.4 Å². The van der Waals surface area contributed by atoms with Crippen LogP contribution in [0, 0.1) is 0 Å². The number of methoxy groups -OCH3 is 1. The van der Waals surface area contributed by atoms with Crippen LogP contribution in [0.5, 0.6) is 11.5 Å². The summed E-state index contributed by atoms with van der Waals surface area (Å²) in [5, 5.41) is 0. The molecule has 1 aromatic rings. The summed E-state index contributed by atoms with van der Waals surface area (Å²) in [6.07, 6.45) is 0.381. The first-order chi connectivity index (χ1) is 6.26. The van der Waals surface area contributed by atoms with Gasteiger partial charge in [-0.15, -0.1) is 12.4 Å². The zero-order chi connectivity index (χ0) is 9.68. The summed E-state index contributed by atoms with van der Waals surface area (Å²) in [5.41, 5.74) is 0. The molecular formula is C10H13ClO3. The first-order valence-corrected chi connectivity index (χ1v) is 4.11. The highest BCUT2D eigenvalue weighted by Gasteiger charge is 2.00. The molecule has 0 saturated heterocycles. The summed E-state index contributed by atoms with van der Waals surface area (Å²) in [4.78, 5) is 10.9. The van der Waals surface area contributed by atoms with Crippen LogP contribution in [0.15, 0.2) is 24.3 Å². The van der Waals surface area contributed by atoms with Crippen LogP contribution < -0.4 is 9.47 Å². The molecule has 0 aromatic heterocycles. The maximum absolute atomic E-state index is 10.9. The molecule has 4 heteroatoms. The van der Waals surface area contributed by atoms with Crippen LogP contribution in [0.2, 0.25) is 0 Å². The third-order valence-electron chi connectivity index (χ3n) is 1.58. The van der Waals surface area contributed by atoms with Crippen molar-refractivity contribution in [2.45, 2.75) is 13.3 Å². The third-order valence-corrected chi connectivity index (χ3v) is 1.58. The van der Waals surface area contributed by atoms with E-state index in [-0.39, 0.29) is 18.4 Å². The lowest BCUT2D eigenvalue weighted by Crippen LogP contribution is -2.05. The number of hydrogen-bond donors (Lipinski definition) is 0. The van der Waals surface area contributed by atoms with E-state index >= 15 is 0 Å². The first kappa shape index (κ1) is 12.8. The fourth-order valence-corrected chi connectivity index (χ4v) is 0.847. The fourth-order valence-electron chi connectivity index (χ4n) is 0.847. The Morgan fingerprint density at radius 3 is 2.14 bits per heavy atom.